The number of halogens is 1. The summed E-state index contributed by atoms with van der Waals surface area (Å²) in [4.78, 5) is 12.0. The molecule has 142 valence electrons. The maximum absolute atomic E-state index is 13.0. The molecule has 1 unspecified atom stereocenters. The van der Waals surface area contributed by atoms with Crippen molar-refractivity contribution in [2.75, 3.05) is 11.9 Å². The average molecular weight is 369 g/mol. The lowest BCUT2D eigenvalue weighted by Crippen LogP contribution is -2.42. The van der Waals surface area contributed by atoms with E-state index in [9.17, 15) is 9.18 Å². The molecule has 6 heteroatoms. The molecular formula is C21H24FN3O2. The van der Waals surface area contributed by atoms with Crippen LogP contribution in [0.4, 0.5) is 15.8 Å². The zero-order valence-electron chi connectivity index (χ0n) is 15.3. The predicted octanol–water partition coefficient (Wildman–Crippen LogP) is 4.25. The normalized spacial score (nSPS) is 14.7. The smallest absolute Gasteiger partial charge is 0.223 e. The van der Waals surface area contributed by atoms with E-state index in [2.05, 4.69) is 10.6 Å². The van der Waals surface area contributed by atoms with Gasteiger partial charge in [-0.05, 0) is 62.2 Å². The zero-order valence-corrected chi connectivity index (χ0v) is 15.3. The minimum absolute atomic E-state index is 0.0847. The number of hydrogen-bond donors (Lipinski definition) is 3. The molecule has 1 aliphatic carbocycles. The van der Waals surface area contributed by atoms with Gasteiger partial charge >= 0.3 is 0 Å². The van der Waals surface area contributed by atoms with Gasteiger partial charge in [0, 0.05) is 29.1 Å². The van der Waals surface area contributed by atoms with E-state index in [-0.39, 0.29) is 23.7 Å². The molecule has 1 aliphatic rings. The number of benzene rings is 2. The molecule has 5 nitrogen and oxygen atoms in total. The summed E-state index contributed by atoms with van der Waals surface area (Å²) in [6.07, 6.45) is 4.32. The monoisotopic (exact) mass is 369 g/mol. The highest BCUT2D eigenvalue weighted by Crippen LogP contribution is 2.27. The third-order valence-corrected chi connectivity index (χ3v) is 4.67. The van der Waals surface area contributed by atoms with Gasteiger partial charge in [0.05, 0.1) is 6.04 Å². The third kappa shape index (κ3) is 5.06. The van der Waals surface area contributed by atoms with Gasteiger partial charge in [-0.3, -0.25) is 4.79 Å². The van der Waals surface area contributed by atoms with Crippen LogP contribution in [0.5, 0.6) is 5.75 Å². The van der Waals surface area contributed by atoms with E-state index < -0.39 is 0 Å². The molecule has 1 fully saturated rings. The van der Waals surface area contributed by atoms with Gasteiger partial charge in [0.2, 0.25) is 5.91 Å². The second-order valence-electron chi connectivity index (χ2n) is 6.87. The van der Waals surface area contributed by atoms with Crippen molar-refractivity contribution in [2.45, 2.75) is 32.2 Å². The first-order chi connectivity index (χ1) is 13.0. The lowest BCUT2D eigenvalue weighted by atomic mass is 9.84. The third-order valence-electron chi connectivity index (χ3n) is 4.67. The van der Waals surface area contributed by atoms with Crippen LogP contribution in [0, 0.1) is 17.1 Å². The Labute approximate surface area is 158 Å². The molecule has 2 aromatic rings. The number of nitrogens with one attached hydrogen (secondary N) is 3. The fourth-order valence-corrected chi connectivity index (χ4v) is 2.85. The number of amides is 1. The highest BCUT2D eigenvalue weighted by atomic mass is 19.1. The SMILES string of the molecule is CC(COc1ccc(Nc2ccc(F)cc2)c(C=N)c1)NC(=O)C1CCC1. The average Bonchev–Trinajstić information content (AvgIpc) is 2.61. The van der Waals surface area contributed by atoms with Gasteiger partial charge < -0.3 is 20.8 Å². The molecule has 3 rings (SSSR count). The van der Waals surface area contributed by atoms with Crippen LogP contribution < -0.4 is 15.4 Å². The van der Waals surface area contributed by atoms with Crippen molar-refractivity contribution in [2.24, 2.45) is 5.92 Å². The van der Waals surface area contributed by atoms with Gasteiger partial charge in [-0.2, -0.15) is 0 Å². The van der Waals surface area contributed by atoms with Crippen molar-refractivity contribution in [3.8, 4) is 5.75 Å². The molecule has 1 saturated carbocycles. The number of carbonyl (C=O) groups is 1. The number of ether oxygens (including phenoxy) is 1. The first-order valence-electron chi connectivity index (χ1n) is 9.15. The summed E-state index contributed by atoms with van der Waals surface area (Å²) < 4.78 is 18.8. The number of hydrogen-bond acceptors (Lipinski definition) is 4. The minimum Gasteiger partial charge on any atom is -0.491 e. The van der Waals surface area contributed by atoms with Gasteiger partial charge in [-0.15, -0.1) is 0 Å². The van der Waals surface area contributed by atoms with E-state index >= 15 is 0 Å². The van der Waals surface area contributed by atoms with Crippen LogP contribution in [0.25, 0.3) is 0 Å². The summed E-state index contributed by atoms with van der Waals surface area (Å²) in [5.41, 5.74) is 2.12. The highest BCUT2D eigenvalue weighted by molar-refractivity contribution is 5.88. The molecular weight excluding hydrogens is 345 g/mol. The van der Waals surface area contributed by atoms with E-state index in [1.165, 1.54) is 18.3 Å². The summed E-state index contributed by atoms with van der Waals surface area (Å²) in [6, 6.07) is 11.3. The lowest BCUT2D eigenvalue weighted by Gasteiger charge is -2.26. The Bertz CT molecular complexity index is 804. The van der Waals surface area contributed by atoms with Crippen LogP contribution in [0.1, 0.15) is 31.7 Å². The van der Waals surface area contributed by atoms with Crippen molar-refractivity contribution in [3.05, 3.63) is 53.8 Å². The van der Waals surface area contributed by atoms with Crippen molar-refractivity contribution in [3.63, 3.8) is 0 Å². The Morgan fingerprint density at radius 3 is 2.67 bits per heavy atom. The number of carbonyl (C=O) groups excluding carboxylic acids is 1. The molecule has 0 aliphatic heterocycles. The number of anilines is 2. The van der Waals surface area contributed by atoms with Crippen LogP contribution in [0.3, 0.4) is 0 Å². The van der Waals surface area contributed by atoms with Gasteiger partial charge in [-0.25, -0.2) is 4.39 Å². The van der Waals surface area contributed by atoms with Crippen molar-refractivity contribution in [1.29, 1.82) is 5.41 Å². The molecule has 3 N–H and O–H groups in total. The molecule has 27 heavy (non-hydrogen) atoms. The van der Waals surface area contributed by atoms with E-state index in [4.69, 9.17) is 10.1 Å². The Balaban J connectivity index is 1.57. The van der Waals surface area contributed by atoms with E-state index in [1.54, 1.807) is 24.3 Å². The van der Waals surface area contributed by atoms with Crippen LogP contribution >= 0.6 is 0 Å². The molecule has 0 spiro atoms. The molecule has 0 aromatic heterocycles. The fraction of sp³-hybridized carbons (Fsp3) is 0.333. The maximum Gasteiger partial charge on any atom is 0.223 e. The molecule has 0 heterocycles. The Morgan fingerprint density at radius 2 is 2.04 bits per heavy atom. The van der Waals surface area contributed by atoms with E-state index in [0.29, 0.717) is 17.9 Å². The minimum atomic E-state index is -0.296. The van der Waals surface area contributed by atoms with E-state index in [1.807, 2.05) is 13.0 Å². The summed E-state index contributed by atoms with van der Waals surface area (Å²) in [6.45, 7) is 2.28. The van der Waals surface area contributed by atoms with Crippen LogP contribution in [-0.4, -0.2) is 24.8 Å². The van der Waals surface area contributed by atoms with Crippen molar-refractivity contribution in [1.82, 2.24) is 5.32 Å². The second-order valence-corrected chi connectivity index (χ2v) is 6.87. The van der Waals surface area contributed by atoms with Gasteiger partial charge in [0.25, 0.3) is 0 Å². The first kappa shape index (κ1) is 18.9. The topological polar surface area (TPSA) is 74.2 Å². The Kier molecular flexibility index (Phi) is 6.06. The van der Waals surface area contributed by atoms with Gasteiger partial charge in [0.1, 0.15) is 18.2 Å². The predicted molar refractivity (Wildman–Crippen MR) is 104 cm³/mol. The second kappa shape index (κ2) is 8.66. The Hall–Kier alpha value is -2.89. The molecule has 2 aromatic carbocycles. The largest absolute Gasteiger partial charge is 0.491 e. The molecule has 0 radical (unpaired) electrons. The molecule has 1 atom stereocenters. The summed E-state index contributed by atoms with van der Waals surface area (Å²) in [5, 5.41) is 13.8. The summed E-state index contributed by atoms with van der Waals surface area (Å²) in [7, 11) is 0. The van der Waals surface area contributed by atoms with E-state index in [0.717, 1.165) is 30.6 Å². The molecule has 0 bridgehead atoms. The quantitative estimate of drug-likeness (QED) is 0.609. The summed E-state index contributed by atoms with van der Waals surface area (Å²) in [5.74, 6) is 0.600. The Morgan fingerprint density at radius 1 is 1.30 bits per heavy atom. The van der Waals surface area contributed by atoms with Gasteiger partial charge in [-0.1, -0.05) is 6.42 Å². The van der Waals surface area contributed by atoms with Crippen LogP contribution in [-0.2, 0) is 4.79 Å². The molecule has 0 saturated heterocycles. The lowest BCUT2D eigenvalue weighted by molar-refractivity contribution is -0.128. The first-order valence-corrected chi connectivity index (χ1v) is 9.15. The van der Waals surface area contributed by atoms with Gasteiger partial charge in [0.15, 0.2) is 0 Å². The van der Waals surface area contributed by atoms with Crippen molar-refractivity contribution >= 4 is 23.5 Å². The van der Waals surface area contributed by atoms with Crippen molar-refractivity contribution < 1.29 is 13.9 Å². The number of rotatable bonds is 8. The van der Waals surface area contributed by atoms with Crippen LogP contribution in [0.15, 0.2) is 42.5 Å². The molecule has 1 amide bonds. The summed E-state index contributed by atoms with van der Waals surface area (Å²) >= 11 is 0. The highest BCUT2D eigenvalue weighted by Gasteiger charge is 2.26. The standard InChI is InChI=1S/C21H24FN3O2/c1-14(24-21(26)15-3-2-4-15)13-27-19-9-10-20(16(11-19)12-23)25-18-7-5-17(22)6-8-18/h5-12,14-15,23,25H,2-4,13H2,1H3,(H,24,26). The maximum atomic E-state index is 13.0. The zero-order chi connectivity index (χ0) is 19.2. The van der Waals surface area contributed by atoms with Crippen LogP contribution in [0.2, 0.25) is 0 Å². The fourth-order valence-electron chi connectivity index (χ4n) is 2.85.